The fourth-order valence-corrected chi connectivity index (χ4v) is 2.99. The van der Waals surface area contributed by atoms with Crippen LogP contribution in [0.4, 0.5) is 0 Å². The van der Waals surface area contributed by atoms with E-state index >= 15 is 0 Å². The molecule has 2 aliphatic rings. The molecule has 0 aromatic carbocycles. The van der Waals surface area contributed by atoms with Crippen LogP contribution >= 0.6 is 0 Å². The molecule has 1 atom stereocenters. The molecular weight excluding hydrogens is 226 g/mol. The number of nitrogens with zero attached hydrogens (tertiary/aromatic N) is 1. The highest BCUT2D eigenvalue weighted by Gasteiger charge is 2.25. The third kappa shape index (κ3) is 3.95. The van der Waals surface area contributed by atoms with Crippen molar-refractivity contribution in [2.75, 3.05) is 26.2 Å². The van der Waals surface area contributed by atoms with Crippen LogP contribution in [-0.2, 0) is 4.79 Å². The van der Waals surface area contributed by atoms with Crippen molar-refractivity contribution in [3.63, 3.8) is 0 Å². The average molecular weight is 253 g/mol. The molecule has 1 amide bonds. The molecular formula is C14H27N3O. The second-order valence-electron chi connectivity index (χ2n) is 5.63. The van der Waals surface area contributed by atoms with Gasteiger partial charge in [0, 0.05) is 19.1 Å². The first-order valence-corrected chi connectivity index (χ1v) is 7.55. The lowest BCUT2D eigenvalue weighted by Crippen LogP contribution is -2.52. The molecule has 0 spiro atoms. The summed E-state index contributed by atoms with van der Waals surface area (Å²) in [5, 5.41) is 6.54. The quantitative estimate of drug-likeness (QED) is 0.789. The SMILES string of the molecule is CCCN1CCC(NC(=O)C2CCCCN2)CC1. The minimum Gasteiger partial charge on any atom is -0.352 e. The zero-order valence-electron chi connectivity index (χ0n) is 11.6. The van der Waals surface area contributed by atoms with Crippen LogP contribution in [0.15, 0.2) is 0 Å². The molecule has 4 nitrogen and oxygen atoms in total. The third-order valence-corrected chi connectivity index (χ3v) is 4.10. The summed E-state index contributed by atoms with van der Waals surface area (Å²) in [5.41, 5.74) is 0. The highest BCUT2D eigenvalue weighted by Crippen LogP contribution is 2.12. The van der Waals surface area contributed by atoms with E-state index < -0.39 is 0 Å². The van der Waals surface area contributed by atoms with Gasteiger partial charge in [-0.3, -0.25) is 4.79 Å². The fourth-order valence-electron chi connectivity index (χ4n) is 2.99. The van der Waals surface area contributed by atoms with Crippen LogP contribution in [0.1, 0.15) is 45.4 Å². The molecule has 2 aliphatic heterocycles. The number of amides is 1. The van der Waals surface area contributed by atoms with Crippen LogP contribution < -0.4 is 10.6 Å². The molecule has 2 fully saturated rings. The van der Waals surface area contributed by atoms with Crippen molar-refractivity contribution < 1.29 is 4.79 Å². The summed E-state index contributed by atoms with van der Waals surface area (Å²) in [6.07, 6.45) is 6.83. The summed E-state index contributed by atoms with van der Waals surface area (Å²) in [6, 6.07) is 0.460. The van der Waals surface area contributed by atoms with Gasteiger partial charge in [0.05, 0.1) is 6.04 Å². The number of hydrogen-bond acceptors (Lipinski definition) is 3. The van der Waals surface area contributed by atoms with E-state index in [9.17, 15) is 4.79 Å². The van der Waals surface area contributed by atoms with Gasteiger partial charge in [-0.1, -0.05) is 13.3 Å². The van der Waals surface area contributed by atoms with Gasteiger partial charge in [-0.25, -0.2) is 0 Å². The summed E-state index contributed by atoms with van der Waals surface area (Å²) >= 11 is 0. The number of piperidine rings is 2. The zero-order chi connectivity index (χ0) is 12.8. The third-order valence-electron chi connectivity index (χ3n) is 4.10. The number of rotatable bonds is 4. The predicted molar refractivity (Wildman–Crippen MR) is 73.5 cm³/mol. The van der Waals surface area contributed by atoms with Crippen LogP contribution in [0, 0.1) is 0 Å². The Hall–Kier alpha value is -0.610. The number of likely N-dealkylation sites (tertiary alicyclic amines) is 1. The van der Waals surface area contributed by atoms with Crippen molar-refractivity contribution in [3.8, 4) is 0 Å². The number of hydrogen-bond donors (Lipinski definition) is 2. The van der Waals surface area contributed by atoms with Gasteiger partial charge in [0.1, 0.15) is 0 Å². The Morgan fingerprint density at radius 1 is 1.28 bits per heavy atom. The zero-order valence-corrected chi connectivity index (χ0v) is 11.6. The second-order valence-corrected chi connectivity index (χ2v) is 5.63. The molecule has 0 saturated carbocycles. The molecule has 0 aromatic rings. The van der Waals surface area contributed by atoms with Crippen molar-refractivity contribution in [3.05, 3.63) is 0 Å². The van der Waals surface area contributed by atoms with Crippen LogP contribution in [0.3, 0.4) is 0 Å². The van der Waals surface area contributed by atoms with Gasteiger partial charge in [-0.15, -0.1) is 0 Å². The maximum Gasteiger partial charge on any atom is 0.237 e. The normalized spacial score (nSPS) is 27.1. The fraction of sp³-hybridized carbons (Fsp3) is 0.929. The first-order valence-electron chi connectivity index (χ1n) is 7.55. The molecule has 2 saturated heterocycles. The van der Waals surface area contributed by atoms with E-state index in [1.165, 1.54) is 25.8 Å². The van der Waals surface area contributed by atoms with Gasteiger partial charge in [0.15, 0.2) is 0 Å². The van der Waals surface area contributed by atoms with E-state index in [1.54, 1.807) is 0 Å². The highest BCUT2D eigenvalue weighted by molar-refractivity contribution is 5.82. The molecule has 1 unspecified atom stereocenters. The summed E-state index contributed by atoms with van der Waals surface area (Å²) < 4.78 is 0. The van der Waals surface area contributed by atoms with E-state index in [0.717, 1.165) is 38.9 Å². The Bertz CT molecular complexity index is 256. The van der Waals surface area contributed by atoms with Crippen LogP contribution in [0.5, 0.6) is 0 Å². The minimum absolute atomic E-state index is 0.0624. The van der Waals surface area contributed by atoms with Crippen molar-refractivity contribution in [1.82, 2.24) is 15.5 Å². The van der Waals surface area contributed by atoms with Crippen molar-refractivity contribution in [1.29, 1.82) is 0 Å². The first-order chi connectivity index (χ1) is 8.79. The summed E-state index contributed by atoms with van der Waals surface area (Å²) in [7, 11) is 0. The first kappa shape index (κ1) is 13.8. The van der Waals surface area contributed by atoms with Crippen LogP contribution in [-0.4, -0.2) is 49.1 Å². The van der Waals surface area contributed by atoms with E-state index in [1.807, 2.05) is 0 Å². The maximum atomic E-state index is 12.1. The smallest absolute Gasteiger partial charge is 0.237 e. The Balaban J connectivity index is 1.68. The number of carbonyl (C=O) groups excluding carboxylic acids is 1. The van der Waals surface area contributed by atoms with Gasteiger partial charge in [-0.05, 0) is 45.2 Å². The van der Waals surface area contributed by atoms with Gasteiger partial charge < -0.3 is 15.5 Å². The van der Waals surface area contributed by atoms with Crippen molar-refractivity contribution in [2.45, 2.75) is 57.5 Å². The van der Waals surface area contributed by atoms with E-state index in [2.05, 4.69) is 22.5 Å². The molecule has 0 bridgehead atoms. The molecule has 104 valence electrons. The Morgan fingerprint density at radius 2 is 2.06 bits per heavy atom. The van der Waals surface area contributed by atoms with Gasteiger partial charge in [0.25, 0.3) is 0 Å². The van der Waals surface area contributed by atoms with Crippen LogP contribution in [0.2, 0.25) is 0 Å². The second kappa shape index (κ2) is 7.10. The lowest BCUT2D eigenvalue weighted by atomic mass is 10.0. The van der Waals surface area contributed by atoms with E-state index in [0.29, 0.717) is 6.04 Å². The monoisotopic (exact) mass is 253 g/mol. The lowest BCUT2D eigenvalue weighted by Gasteiger charge is -2.33. The highest BCUT2D eigenvalue weighted by atomic mass is 16.2. The van der Waals surface area contributed by atoms with E-state index in [4.69, 9.17) is 0 Å². The van der Waals surface area contributed by atoms with Gasteiger partial charge in [-0.2, -0.15) is 0 Å². The molecule has 0 aromatic heterocycles. The lowest BCUT2D eigenvalue weighted by molar-refractivity contribution is -0.124. The average Bonchev–Trinajstić information content (AvgIpc) is 2.42. The van der Waals surface area contributed by atoms with Gasteiger partial charge >= 0.3 is 0 Å². The summed E-state index contributed by atoms with van der Waals surface area (Å²) in [6.45, 7) is 6.69. The molecule has 2 rings (SSSR count). The maximum absolute atomic E-state index is 12.1. The predicted octanol–water partition coefficient (Wildman–Crippen LogP) is 1.12. The standard InChI is InChI=1S/C14H27N3O/c1-2-9-17-10-6-12(7-11-17)16-14(18)13-5-3-4-8-15-13/h12-13,15H,2-11H2,1H3,(H,16,18). The molecule has 4 heteroatoms. The molecule has 2 N–H and O–H groups in total. The number of nitrogens with one attached hydrogen (secondary N) is 2. The summed E-state index contributed by atoms with van der Waals surface area (Å²) in [4.78, 5) is 14.6. The molecule has 18 heavy (non-hydrogen) atoms. The van der Waals surface area contributed by atoms with Crippen molar-refractivity contribution in [2.24, 2.45) is 0 Å². The van der Waals surface area contributed by atoms with E-state index in [-0.39, 0.29) is 11.9 Å². The Morgan fingerprint density at radius 3 is 2.67 bits per heavy atom. The Kier molecular flexibility index (Phi) is 5.45. The topological polar surface area (TPSA) is 44.4 Å². The molecule has 0 radical (unpaired) electrons. The number of carbonyl (C=O) groups is 1. The Labute approximate surface area is 110 Å². The largest absolute Gasteiger partial charge is 0.352 e. The van der Waals surface area contributed by atoms with Gasteiger partial charge in [0.2, 0.25) is 5.91 Å². The molecule has 2 heterocycles. The summed E-state index contributed by atoms with van der Waals surface area (Å²) in [5.74, 6) is 0.226. The minimum atomic E-state index is 0.0624. The molecule has 0 aliphatic carbocycles. The van der Waals surface area contributed by atoms with Crippen LogP contribution in [0.25, 0.3) is 0 Å². The van der Waals surface area contributed by atoms with Crippen molar-refractivity contribution >= 4 is 5.91 Å².